The Hall–Kier alpha value is -0.0800. The molecule has 1 fully saturated rings. The second-order valence-corrected chi connectivity index (χ2v) is 3.24. The molecule has 1 aliphatic rings. The van der Waals surface area contributed by atoms with Crippen molar-refractivity contribution in [1.82, 2.24) is 0 Å². The average molecular weight is 143 g/mol. The number of nitrogens with two attached hydrogens (primary N) is 1. The van der Waals surface area contributed by atoms with E-state index in [1.807, 2.05) is 0 Å². The van der Waals surface area contributed by atoms with Crippen molar-refractivity contribution in [2.24, 2.45) is 11.1 Å². The molecule has 0 radical (unpaired) electrons. The van der Waals surface area contributed by atoms with E-state index in [1.165, 1.54) is 12.8 Å². The summed E-state index contributed by atoms with van der Waals surface area (Å²) in [5.74, 6) is 0. The maximum atomic E-state index is 5.43. The molecule has 2 N–H and O–H groups in total. The zero-order valence-corrected chi connectivity index (χ0v) is 6.73. The predicted molar refractivity (Wildman–Crippen MR) is 41.8 cm³/mol. The first kappa shape index (κ1) is 8.02. The van der Waals surface area contributed by atoms with E-state index in [0.29, 0.717) is 5.41 Å². The molecule has 0 aromatic heterocycles. The van der Waals surface area contributed by atoms with Crippen molar-refractivity contribution >= 4 is 0 Å². The quantitative estimate of drug-likeness (QED) is 0.640. The highest BCUT2D eigenvalue weighted by Crippen LogP contribution is 2.35. The molecular formula is C8H17NO. The summed E-state index contributed by atoms with van der Waals surface area (Å²) in [6.45, 7) is 4.98. The van der Waals surface area contributed by atoms with Crippen molar-refractivity contribution in [2.75, 3.05) is 19.8 Å². The normalized spacial score (nSPS) is 22.2. The Balaban J connectivity index is 2.20. The molecule has 10 heavy (non-hydrogen) atoms. The predicted octanol–water partition coefficient (Wildman–Crippen LogP) is 1.15. The van der Waals surface area contributed by atoms with E-state index in [2.05, 4.69) is 6.92 Å². The summed E-state index contributed by atoms with van der Waals surface area (Å²) in [5, 5.41) is 0. The zero-order valence-electron chi connectivity index (χ0n) is 6.73. The molecule has 0 saturated carbocycles. The lowest BCUT2D eigenvalue weighted by Crippen LogP contribution is -2.42. The number of ether oxygens (including phenoxy) is 1. The fraction of sp³-hybridized carbons (Fsp3) is 1.00. The van der Waals surface area contributed by atoms with Crippen molar-refractivity contribution in [3.63, 3.8) is 0 Å². The minimum Gasteiger partial charge on any atom is -0.380 e. The van der Waals surface area contributed by atoms with Crippen LogP contribution in [0.25, 0.3) is 0 Å². The standard InChI is InChI=1S/C8H17NO/c1-2-8(4-3-5-9)6-10-7-8/h2-7,9H2,1H3. The van der Waals surface area contributed by atoms with Crippen LogP contribution in [-0.4, -0.2) is 19.8 Å². The van der Waals surface area contributed by atoms with Gasteiger partial charge in [0.25, 0.3) is 0 Å². The van der Waals surface area contributed by atoms with Crippen LogP contribution in [0.2, 0.25) is 0 Å². The molecule has 0 aromatic carbocycles. The summed E-state index contributed by atoms with van der Waals surface area (Å²) in [7, 11) is 0. The monoisotopic (exact) mass is 143 g/mol. The third-order valence-corrected chi connectivity index (χ3v) is 2.48. The number of rotatable bonds is 4. The van der Waals surface area contributed by atoms with Gasteiger partial charge in [0.2, 0.25) is 0 Å². The largest absolute Gasteiger partial charge is 0.380 e. The number of hydrogen-bond donors (Lipinski definition) is 1. The van der Waals surface area contributed by atoms with Crippen LogP contribution < -0.4 is 5.73 Å². The second kappa shape index (κ2) is 3.35. The van der Waals surface area contributed by atoms with Gasteiger partial charge in [-0.2, -0.15) is 0 Å². The third kappa shape index (κ3) is 1.50. The molecular weight excluding hydrogens is 126 g/mol. The van der Waals surface area contributed by atoms with E-state index in [0.717, 1.165) is 26.2 Å². The van der Waals surface area contributed by atoms with E-state index < -0.39 is 0 Å². The van der Waals surface area contributed by atoms with Crippen LogP contribution >= 0.6 is 0 Å². The van der Waals surface area contributed by atoms with Gasteiger partial charge in [-0.3, -0.25) is 0 Å². The molecule has 60 valence electrons. The Morgan fingerprint density at radius 1 is 1.50 bits per heavy atom. The van der Waals surface area contributed by atoms with Crippen LogP contribution in [-0.2, 0) is 4.74 Å². The topological polar surface area (TPSA) is 35.2 Å². The van der Waals surface area contributed by atoms with Gasteiger partial charge in [0.1, 0.15) is 0 Å². The van der Waals surface area contributed by atoms with Crippen LogP contribution in [0.15, 0.2) is 0 Å². The van der Waals surface area contributed by atoms with Gasteiger partial charge in [-0.05, 0) is 25.8 Å². The second-order valence-electron chi connectivity index (χ2n) is 3.24. The van der Waals surface area contributed by atoms with Gasteiger partial charge in [-0.15, -0.1) is 0 Å². The van der Waals surface area contributed by atoms with Crippen LogP contribution in [0.4, 0.5) is 0 Å². The fourth-order valence-electron chi connectivity index (χ4n) is 1.39. The summed E-state index contributed by atoms with van der Waals surface area (Å²) >= 11 is 0. The van der Waals surface area contributed by atoms with E-state index >= 15 is 0 Å². The zero-order chi connectivity index (χ0) is 7.45. The SMILES string of the molecule is CCC1(CCCN)COC1. The van der Waals surface area contributed by atoms with Crippen LogP contribution in [0.1, 0.15) is 26.2 Å². The molecule has 0 bridgehead atoms. The van der Waals surface area contributed by atoms with E-state index in [9.17, 15) is 0 Å². The molecule has 2 heteroatoms. The summed E-state index contributed by atoms with van der Waals surface area (Å²) in [6, 6.07) is 0. The fourth-order valence-corrected chi connectivity index (χ4v) is 1.39. The summed E-state index contributed by atoms with van der Waals surface area (Å²) in [5.41, 5.74) is 5.94. The highest BCUT2D eigenvalue weighted by molar-refractivity contribution is 4.83. The summed E-state index contributed by atoms with van der Waals surface area (Å²) < 4.78 is 5.19. The third-order valence-electron chi connectivity index (χ3n) is 2.48. The molecule has 0 amide bonds. The molecule has 1 aliphatic heterocycles. The first-order valence-corrected chi connectivity index (χ1v) is 4.11. The molecule has 2 nitrogen and oxygen atoms in total. The molecule has 1 saturated heterocycles. The van der Waals surface area contributed by atoms with Crippen molar-refractivity contribution in [2.45, 2.75) is 26.2 Å². The molecule has 0 aliphatic carbocycles. The molecule has 1 rings (SSSR count). The van der Waals surface area contributed by atoms with Crippen LogP contribution in [0, 0.1) is 5.41 Å². The Morgan fingerprint density at radius 3 is 2.50 bits per heavy atom. The first-order chi connectivity index (χ1) is 4.83. The molecule has 0 unspecified atom stereocenters. The minimum atomic E-state index is 0.513. The Bertz CT molecular complexity index is 93.9. The molecule has 1 heterocycles. The molecule has 0 aromatic rings. The average Bonchev–Trinajstić information content (AvgIpc) is 1.87. The van der Waals surface area contributed by atoms with E-state index in [-0.39, 0.29) is 0 Å². The minimum absolute atomic E-state index is 0.513. The van der Waals surface area contributed by atoms with Gasteiger partial charge in [0.15, 0.2) is 0 Å². The highest BCUT2D eigenvalue weighted by Gasteiger charge is 2.35. The Labute approximate surface area is 62.7 Å². The van der Waals surface area contributed by atoms with Crippen LogP contribution in [0.3, 0.4) is 0 Å². The molecule has 0 atom stereocenters. The van der Waals surface area contributed by atoms with Crippen molar-refractivity contribution in [1.29, 1.82) is 0 Å². The highest BCUT2D eigenvalue weighted by atomic mass is 16.5. The Kier molecular flexibility index (Phi) is 2.69. The number of hydrogen-bond acceptors (Lipinski definition) is 2. The molecule has 0 spiro atoms. The van der Waals surface area contributed by atoms with Gasteiger partial charge in [-0.1, -0.05) is 6.92 Å². The summed E-state index contributed by atoms with van der Waals surface area (Å²) in [4.78, 5) is 0. The van der Waals surface area contributed by atoms with Gasteiger partial charge in [0.05, 0.1) is 13.2 Å². The van der Waals surface area contributed by atoms with E-state index in [4.69, 9.17) is 10.5 Å². The van der Waals surface area contributed by atoms with E-state index in [1.54, 1.807) is 0 Å². The maximum Gasteiger partial charge on any atom is 0.0544 e. The van der Waals surface area contributed by atoms with Crippen molar-refractivity contribution in [3.8, 4) is 0 Å². The lowest BCUT2D eigenvalue weighted by atomic mass is 9.79. The van der Waals surface area contributed by atoms with Gasteiger partial charge in [-0.25, -0.2) is 0 Å². The van der Waals surface area contributed by atoms with Gasteiger partial charge < -0.3 is 10.5 Å². The summed E-state index contributed by atoms with van der Waals surface area (Å²) in [6.07, 6.45) is 3.64. The van der Waals surface area contributed by atoms with Crippen molar-refractivity contribution < 1.29 is 4.74 Å². The first-order valence-electron chi connectivity index (χ1n) is 4.11. The van der Waals surface area contributed by atoms with Crippen molar-refractivity contribution in [3.05, 3.63) is 0 Å². The Morgan fingerprint density at radius 2 is 2.20 bits per heavy atom. The van der Waals surface area contributed by atoms with Gasteiger partial charge >= 0.3 is 0 Å². The van der Waals surface area contributed by atoms with Crippen LogP contribution in [0.5, 0.6) is 0 Å². The maximum absolute atomic E-state index is 5.43. The smallest absolute Gasteiger partial charge is 0.0544 e. The lowest BCUT2D eigenvalue weighted by molar-refractivity contribution is -0.119. The van der Waals surface area contributed by atoms with Gasteiger partial charge in [0, 0.05) is 5.41 Å². The lowest BCUT2D eigenvalue weighted by Gasteiger charge is -2.40.